The van der Waals surface area contributed by atoms with Gasteiger partial charge in [0, 0.05) is 13.0 Å². The second-order valence-electron chi connectivity index (χ2n) is 4.56. The number of nitrogens with one attached hydrogen (secondary N) is 2. The van der Waals surface area contributed by atoms with Crippen molar-refractivity contribution in [1.82, 2.24) is 15.8 Å². The fourth-order valence-corrected chi connectivity index (χ4v) is 2.15. The molecule has 0 aromatic heterocycles. The average Bonchev–Trinajstić information content (AvgIpc) is 2.26. The molecule has 0 aliphatic heterocycles. The van der Waals surface area contributed by atoms with Crippen LogP contribution in [0.4, 0.5) is 0 Å². The van der Waals surface area contributed by atoms with E-state index in [0.29, 0.717) is 0 Å². The summed E-state index contributed by atoms with van der Waals surface area (Å²) >= 11 is 0. The van der Waals surface area contributed by atoms with Gasteiger partial charge in [0.05, 0.1) is 12.6 Å². The van der Waals surface area contributed by atoms with Gasteiger partial charge in [-0.1, -0.05) is 12.8 Å². The molecule has 6 heteroatoms. The first-order chi connectivity index (χ1) is 8.00. The van der Waals surface area contributed by atoms with Crippen LogP contribution in [0.5, 0.6) is 0 Å². The molecule has 1 aliphatic carbocycles. The zero-order chi connectivity index (χ0) is 12.8. The molecule has 17 heavy (non-hydrogen) atoms. The lowest BCUT2D eigenvalue weighted by atomic mass is 9.91. The smallest absolute Gasteiger partial charge is 0.252 e. The van der Waals surface area contributed by atoms with Gasteiger partial charge in [-0.05, 0) is 19.9 Å². The number of aliphatic hydroxyl groups is 1. The summed E-state index contributed by atoms with van der Waals surface area (Å²) < 4.78 is 0. The zero-order valence-electron chi connectivity index (χ0n) is 10.4. The van der Waals surface area contributed by atoms with E-state index in [1.165, 1.54) is 6.92 Å². The summed E-state index contributed by atoms with van der Waals surface area (Å²) in [6.45, 7) is 1.50. The van der Waals surface area contributed by atoms with Crippen LogP contribution < -0.4 is 10.9 Å². The van der Waals surface area contributed by atoms with Crippen molar-refractivity contribution in [2.24, 2.45) is 0 Å². The molecule has 0 bridgehead atoms. The van der Waals surface area contributed by atoms with E-state index in [0.717, 1.165) is 25.7 Å². The molecule has 98 valence electrons. The summed E-state index contributed by atoms with van der Waals surface area (Å²) in [7, 11) is 1.81. The van der Waals surface area contributed by atoms with Crippen molar-refractivity contribution in [1.29, 1.82) is 0 Å². The van der Waals surface area contributed by atoms with Crippen molar-refractivity contribution in [3.8, 4) is 0 Å². The molecule has 3 N–H and O–H groups in total. The van der Waals surface area contributed by atoms with Gasteiger partial charge in [-0.3, -0.25) is 25.3 Å². The normalized spacial score (nSPS) is 24.5. The van der Waals surface area contributed by atoms with E-state index in [1.807, 2.05) is 11.9 Å². The molecule has 2 amide bonds. The maximum absolute atomic E-state index is 11.5. The highest BCUT2D eigenvalue weighted by molar-refractivity contribution is 5.81. The van der Waals surface area contributed by atoms with Crippen LogP contribution in [-0.2, 0) is 9.59 Å². The predicted octanol–water partition coefficient (Wildman–Crippen LogP) is -0.611. The molecule has 0 heterocycles. The van der Waals surface area contributed by atoms with Gasteiger partial charge in [0.25, 0.3) is 5.91 Å². The average molecular weight is 243 g/mol. The van der Waals surface area contributed by atoms with Crippen LogP contribution in [0.1, 0.15) is 32.6 Å². The number of likely N-dealkylation sites (N-methyl/N-ethyl adjacent to an activating group) is 1. The molecule has 1 rings (SSSR count). The first-order valence-electron chi connectivity index (χ1n) is 5.94. The van der Waals surface area contributed by atoms with Gasteiger partial charge in [0.15, 0.2) is 0 Å². The largest absolute Gasteiger partial charge is 0.391 e. The summed E-state index contributed by atoms with van der Waals surface area (Å²) in [5.41, 5.74) is 4.54. The number of hydrogen-bond acceptors (Lipinski definition) is 4. The van der Waals surface area contributed by atoms with Crippen molar-refractivity contribution in [3.05, 3.63) is 0 Å². The second-order valence-corrected chi connectivity index (χ2v) is 4.56. The molecular weight excluding hydrogens is 222 g/mol. The Morgan fingerprint density at radius 3 is 2.53 bits per heavy atom. The molecule has 1 saturated carbocycles. The Labute approximate surface area is 101 Å². The van der Waals surface area contributed by atoms with E-state index < -0.39 is 0 Å². The van der Waals surface area contributed by atoms with E-state index in [4.69, 9.17) is 0 Å². The summed E-state index contributed by atoms with van der Waals surface area (Å²) in [5, 5.41) is 9.83. The van der Waals surface area contributed by atoms with Gasteiger partial charge >= 0.3 is 0 Å². The number of aliphatic hydroxyl groups excluding tert-OH is 1. The molecule has 2 atom stereocenters. The van der Waals surface area contributed by atoms with Crippen LogP contribution in [0.2, 0.25) is 0 Å². The number of rotatable bonds is 3. The fraction of sp³-hybridized carbons (Fsp3) is 0.818. The van der Waals surface area contributed by atoms with Crippen molar-refractivity contribution < 1.29 is 14.7 Å². The minimum atomic E-state index is -0.359. The van der Waals surface area contributed by atoms with Gasteiger partial charge in [0.2, 0.25) is 5.91 Å². The van der Waals surface area contributed by atoms with Gasteiger partial charge in [-0.15, -0.1) is 0 Å². The number of carbonyl (C=O) groups is 2. The van der Waals surface area contributed by atoms with Crippen molar-refractivity contribution in [3.63, 3.8) is 0 Å². The predicted molar refractivity (Wildman–Crippen MR) is 62.9 cm³/mol. The first kappa shape index (κ1) is 13.9. The van der Waals surface area contributed by atoms with Crippen molar-refractivity contribution in [2.45, 2.75) is 44.8 Å². The zero-order valence-corrected chi connectivity index (χ0v) is 10.4. The number of hydrazine groups is 1. The van der Waals surface area contributed by atoms with E-state index in [2.05, 4.69) is 10.9 Å². The fourth-order valence-electron chi connectivity index (χ4n) is 2.15. The van der Waals surface area contributed by atoms with Gasteiger partial charge < -0.3 is 5.11 Å². The Kier molecular flexibility index (Phi) is 5.37. The van der Waals surface area contributed by atoms with Crippen LogP contribution in [0.3, 0.4) is 0 Å². The standard InChI is InChI=1S/C11H21N3O3/c1-8(15)12-13-11(17)7-14(2)9-5-3-4-6-10(9)16/h9-10,16H,3-7H2,1-2H3,(H,12,15)(H,13,17). The Hall–Kier alpha value is -1.14. The van der Waals surface area contributed by atoms with Crippen LogP contribution in [-0.4, -0.2) is 47.6 Å². The number of hydrogen-bond donors (Lipinski definition) is 3. The van der Waals surface area contributed by atoms with Crippen LogP contribution in [0.25, 0.3) is 0 Å². The Bertz CT molecular complexity index is 283. The second kappa shape index (κ2) is 6.56. The number of nitrogens with zero attached hydrogens (tertiary/aromatic N) is 1. The quantitative estimate of drug-likeness (QED) is 0.578. The molecular formula is C11H21N3O3. The van der Waals surface area contributed by atoms with Gasteiger partial charge in [-0.2, -0.15) is 0 Å². The molecule has 0 spiro atoms. The maximum atomic E-state index is 11.5. The highest BCUT2D eigenvalue weighted by Crippen LogP contribution is 2.21. The Balaban J connectivity index is 2.34. The minimum Gasteiger partial charge on any atom is -0.391 e. The number of amides is 2. The Morgan fingerprint density at radius 1 is 1.29 bits per heavy atom. The van der Waals surface area contributed by atoms with Gasteiger partial charge in [-0.25, -0.2) is 0 Å². The summed E-state index contributed by atoms with van der Waals surface area (Å²) in [4.78, 5) is 23.9. The van der Waals surface area contributed by atoms with Gasteiger partial charge in [0.1, 0.15) is 0 Å². The highest BCUT2D eigenvalue weighted by Gasteiger charge is 2.27. The molecule has 0 saturated heterocycles. The highest BCUT2D eigenvalue weighted by atomic mass is 16.3. The Morgan fingerprint density at radius 2 is 1.94 bits per heavy atom. The lowest BCUT2D eigenvalue weighted by molar-refractivity contribution is -0.129. The lowest BCUT2D eigenvalue weighted by Gasteiger charge is -2.34. The molecule has 1 fully saturated rings. The molecule has 0 aromatic rings. The van der Waals surface area contributed by atoms with E-state index in [9.17, 15) is 14.7 Å². The van der Waals surface area contributed by atoms with Crippen molar-refractivity contribution in [2.75, 3.05) is 13.6 Å². The molecule has 1 aliphatic rings. The summed E-state index contributed by atoms with van der Waals surface area (Å²) in [6.07, 6.45) is 3.47. The van der Waals surface area contributed by atoms with E-state index in [1.54, 1.807) is 0 Å². The van der Waals surface area contributed by atoms with Crippen LogP contribution >= 0.6 is 0 Å². The lowest BCUT2D eigenvalue weighted by Crippen LogP contribution is -2.50. The molecule has 2 unspecified atom stereocenters. The molecule has 6 nitrogen and oxygen atoms in total. The van der Waals surface area contributed by atoms with Crippen LogP contribution in [0.15, 0.2) is 0 Å². The topological polar surface area (TPSA) is 81.7 Å². The summed E-state index contributed by atoms with van der Waals surface area (Å²) in [5.74, 6) is -0.584. The first-order valence-corrected chi connectivity index (χ1v) is 5.94. The monoisotopic (exact) mass is 243 g/mol. The number of carbonyl (C=O) groups excluding carboxylic acids is 2. The maximum Gasteiger partial charge on any atom is 0.252 e. The molecule has 0 radical (unpaired) electrons. The minimum absolute atomic E-state index is 0.0341. The third-order valence-electron chi connectivity index (χ3n) is 3.03. The summed E-state index contributed by atoms with van der Waals surface area (Å²) in [6, 6.07) is 0.0341. The third-order valence-corrected chi connectivity index (χ3v) is 3.03. The van der Waals surface area contributed by atoms with E-state index >= 15 is 0 Å². The SMILES string of the molecule is CC(=O)NNC(=O)CN(C)C1CCCCC1O. The van der Waals surface area contributed by atoms with Crippen LogP contribution in [0, 0.1) is 0 Å². The van der Waals surface area contributed by atoms with Crippen molar-refractivity contribution >= 4 is 11.8 Å². The third kappa shape index (κ3) is 4.70. The molecule has 0 aromatic carbocycles. The van der Waals surface area contributed by atoms with E-state index in [-0.39, 0.29) is 30.5 Å².